The zero-order valence-corrected chi connectivity index (χ0v) is 12.3. The zero-order chi connectivity index (χ0) is 14.7. The molecule has 0 aromatic heterocycles. The van der Waals surface area contributed by atoms with E-state index in [0.29, 0.717) is 5.75 Å². The number of hydrogen-bond acceptors (Lipinski definition) is 3. The molecule has 0 spiro atoms. The third kappa shape index (κ3) is 3.09. The molecule has 3 heteroatoms. The summed E-state index contributed by atoms with van der Waals surface area (Å²) in [4.78, 5) is 2.38. The molecule has 3 nitrogen and oxygen atoms in total. The standard InChI is InChI=1S/C18H21NO2/c1-14-7-8-17(20)16(13-14)18(15-5-3-2-4-6-15)19-9-11-21-12-10-19/h2-8,13,18,20H,9-12H2,1H3. The van der Waals surface area contributed by atoms with E-state index in [-0.39, 0.29) is 6.04 Å². The van der Waals surface area contributed by atoms with E-state index in [1.807, 2.05) is 12.1 Å². The number of phenols is 1. The van der Waals surface area contributed by atoms with E-state index in [4.69, 9.17) is 4.74 Å². The van der Waals surface area contributed by atoms with Crippen molar-refractivity contribution in [2.24, 2.45) is 0 Å². The predicted molar refractivity (Wildman–Crippen MR) is 83.5 cm³/mol. The number of morpholine rings is 1. The van der Waals surface area contributed by atoms with Gasteiger partial charge in [0.1, 0.15) is 5.75 Å². The first-order valence-electron chi connectivity index (χ1n) is 7.42. The minimum Gasteiger partial charge on any atom is -0.508 e. The van der Waals surface area contributed by atoms with Crippen LogP contribution in [0.25, 0.3) is 0 Å². The van der Waals surface area contributed by atoms with Crippen molar-refractivity contribution in [2.45, 2.75) is 13.0 Å². The van der Waals surface area contributed by atoms with Gasteiger partial charge in [-0.15, -0.1) is 0 Å². The molecule has 2 aromatic rings. The topological polar surface area (TPSA) is 32.7 Å². The average molecular weight is 283 g/mol. The first-order valence-corrected chi connectivity index (χ1v) is 7.42. The maximum Gasteiger partial charge on any atom is 0.120 e. The summed E-state index contributed by atoms with van der Waals surface area (Å²) in [6.45, 7) is 5.32. The highest BCUT2D eigenvalue weighted by atomic mass is 16.5. The lowest BCUT2D eigenvalue weighted by Gasteiger charge is -2.35. The Morgan fingerprint density at radius 2 is 1.76 bits per heavy atom. The zero-order valence-electron chi connectivity index (χ0n) is 12.3. The Hall–Kier alpha value is -1.84. The molecular formula is C18H21NO2. The lowest BCUT2D eigenvalue weighted by molar-refractivity contribution is 0.0235. The van der Waals surface area contributed by atoms with E-state index >= 15 is 0 Å². The number of benzene rings is 2. The van der Waals surface area contributed by atoms with Gasteiger partial charge in [-0.25, -0.2) is 0 Å². The molecule has 21 heavy (non-hydrogen) atoms. The van der Waals surface area contributed by atoms with Gasteiger partial charge in [0.05, 0.1) is 19.3 Å². The molecule has 1 aliphatic heterocycles. The van der Waals surface area contributed by atoms with E-state index < -0.39 is 0 Å². The third-order valence-electron chi connectivity index (χ3n) is 4.00. The average Bonchev–Trinajstić information content (AvgIpc) is 2.53. The van der Waals surface area contributed by atoms with E-state index in [0.717, 1.165) is 37.4 Å². The number of aryl methyl sites for hydroxylation is 1. The predicted octanol–water partition coefficient (Wildman–Crippen LogP) is 3.12. The molecule has 0 radical (unpaired) electrons. The Morgan fingerprint density at radius 3 is 2.48 bits per heavy atom. The highest BCUT2D eigenvalue weighted by Crippen LogP contribution is 2.35. The monoisotopic (exact) mass is 283 g/mol. The molecule has 1 N–H and O–H groups in total. The van der Waals surface area contributed by atoms with Crippen LogP contribution in [0.2, 0.25) is 0 Å². The lowest BCUT2D eigenvalue weighted by Crippen LogP contribution is -2.39. The molecule has 0 bridgehead atoms. The molecule has 1 fully saturated rings. The molecule has 3 rings (SSSR count). The fourth-order valence-corrected chi connectivity index (χ4v) is 2.95. The van der Waals surface area contributed by atoms with Crippen LogP contribution in [0.5, 0.6) is 5.75 Å². The summed E-state index contributed by atoms with van der Waals surface area (Å²) in [5, 5.41) is 10.3. The van der Waals surface area contributed by atoms with Crippen molar-refractivity contribution in [3.63, 3.8) is 0 Å². The lowest BCUT2D eigenvalue weighted by atomic mass is 9.94. The van der Waals surface area contributed by atoms with E-state index in [1.165, 1.54) is 5.56 Å². The molecule has 1 aliphatic rings. The summed E-state index contributed by atoms with van der Waals surface area (Å²) in [7, 11) is 0. The van der Waals surface area contributed by atoms with Gasteiger partial charge in [-0.2, -0.15) is 0 Å². The number of ether oxygens (including phenoxy) is 1. The normalized spacial score (nSPS) is 17.6. The van der Waals surface area contributed by atoms with Crippen molar-refractivity contribution >= 4 is 0 Å². The number of hydrogen-bond donors (Lipinski definition) is 1. The molecule has 1 unspecified atom stereocenters. The van der Waals surface area contributed by atoms with Crippen LogP contribution in [0, 0.1) is 6.92 Å². The Kier molecular flexibility index (Phi) is 4.23. The molecule has 0 amide bonds. The van der Waals surface area contributed by atoms with Gasteiger partial charge < -0.3 is 9.84 Å². The molecule has 1 atom stereocenters. The fraction of sp³-hybridized carbons (Fsp3) is 0.333. The minimum absolute atomic E-state index is 0.0787. The Morgan fingerprint density at radius 1 is 1.05 bits per heavy atom. The highest BCUT2D eigenvalue weighted by Gasteiger charge is 2.26. The van der Waals surface area contributed by atoms with Gasteiger partial charge in [0, 0.05) is 18.7 Å². The van der Waals surface area contributed by atoms with Crippen molar-refractivity contribution < 1.29 is 9.84 Å². The van der Waals surface area contributed by atoms with Gasteiger partial charge in [0.15, 0.2) is 0 Å². The molecule has 2 aromatic carbocycles. The van der Waals surface area contributed by atoms with Crippen LogP contribution < -0.4 is 0 Å². The second-order valence-corrected chi connectivity index (χ2v) is 5.52. The van der Waals surface area contributed by atoms with Crippen molar-refractivity contribution in [3.05, 3.63) is 65.2 Å². The van der Waals surface area contributed by atoms with Crippen molar-refractivity contribution in [1.29, 1.82) is 0 Å². The number of rotatable bonds is 3. The van der Waals surface area contributed by atoms with Crippen molar-refractivity contribution in [3.8, 4) is 5.75 Å². The third-order valence-corrected chi connectivity index (χ3v) is 4.00. The smallest absolute Gasteiger partial charge is 0.120 e. The van der Waals surface area contributed by atoms with Crippen LogP contribution in [0.1, 0.15) is 22.7 Å². The van der Waals surface area contributed by atoms with Gasteiger partial charge in [-0.3, -0.25) is 4.90 Å². The second-order valence-electron chi connectivity index (χ2n) is 5.52. The summed E-state index contributed by atoms with van der Waals surface area (Å²) in [6.07, 6.45) is 0. The summed E-state index contributed by atoms with van der Waals surface area (Å²) in [5.41, 5.74) is 3.35. The summed E-state index contributed by atoms with van der Waals surface area (Å²) < 4.78 is 5.47. The molecule has 110 valence electrons. The highest BCUT2D eigenvalue weighted by molar-refractivity contribution is 5.43. The quantitative estimate of drug-likeness (QED) is 0.939. The molecule has 0 aliphatic carbocycles. The van der Waals surface area contributed by atoms with Crippen molar-refractivity contribution in [2.75, 3.05) is 26.3 Å². The Labute approximate surface area is 125 Å². The second kappa shape index (κ2) is 6.29. The van der Waals surface area contributed by atoms with Crippen LogP contribution in [-0.4, -0.2) is 36.3 Å². The van der Waals surface area contributed by atoms with Gasteiger partial charge in [-0.1, -0.05) is 48.0 Å². The van der Waals surface area contributed by atoms with Gasteiger partial charge in [0.2, 0.25) is 0 Å². The SMILES string of the molecule is Cc1ccc(O)c(C(c2ccccc2)N2CCOCC2)c1. The number of phenolic OH excluding ortho intramolecular Hbond substituents is 1. The summed E-state index contributed by atoms with van der Waals surface area (Å²) in [6, 6.07) is 16.3. The maximum atomic E-state index is 10.3. The largest absolute Gasteiger partial charge is 0.508 e. The summed E-state index contributed by atoms with van der Waals surface area (Å²) in [5.74, 6) is 0.362. The van der Waals surface area contributed by atoms with Gasteiger partial charge >= 0.3 is 0 Å². The van der Waals surface area contributed by atoms with E-state index in [1.54, 1.807) is 6.07 Å². The van der Waals surface area contributed by atoms with E-state index in [9.17, 15) is 5.11 Å². The number of nitrogens with zero attached hydrogens (tertiary/aromatic N) is 1. The van der Waals surface area contributed by atoms with Crippen LogP contribution in [-0.2, 0) is 4.74 Å². The molecular weight excluding hydrogens is 262 g/mol. The van der Waals surface area contributed by atoms with Crippen LogP contribution in [0.4, 0.5) is 0 Å². The van der Waals surface area contributed by atoms with Gasteiger partial charge in [-0.05, 0) is 18.6 Å². The van der Waals surface area contributed by atoms with Crippen LogP contribution in [0.3, 0.4) is 0 Å². The van der Waals surface area contributed by atoms with Crippen LogP contribution >= 0.6 is 0 Å². The molecule has 1 heterocycles. The van der Waals surface area contributed by atoms with Gasteiger partial charge in [0.25, 0.3) is 0 Å². The first-order chi connectivity index (χ1) is 10.3. The maximum absolute atomic E-state index is 10.3. The Bertz CT molecular complexity index is 591. The first kappa shape index (κ1) is 14.1. The van der Waals surface area contributed by atoms with Crippen LogP contribution in [0.15, 0.2) is 48.5 Å². The van der Waals surface area contributed by atoms with E-state index in [2.05, 4.69) is 42.2 Å². The fourth-order valence-electron chi connectivity index (χ4n) is 2.95. The summed E-state index contributed by atoms with van der Waals surface area (Å²) >= 11 is 0. The molecule has 0 saturated carbocycles. The minimum atomic E-state index is 0.0787. The number of aromatic hydroxyl groups is 1. The van der Waals surface area contributed by atoms with Crippen molar-refractivity contribution in [1.82, 2.24) is 4.90 Å². The Balaban J connectivity index is 2.05. The molecule has 1 saturated heterocycles.